The first-order valence-corrected chi connectivity index (χ1v) is 14.7. The molecule has 8 nitrogen and oxygen atoms in total. The van der Waals surface area contributed by atoms with Crippen LogP contribution in [0, 0.1) is 0 Å². The summed E-state index contributed by atoms with van der Waals surface area (Å²) in [6.45, 7) is 2.23. The van der Waals surface area contributed by atoms with Crippen LogP contribution in [0.1, 0.15) is 36.7 Å². The molecule has 1 aliphatic rings. The van der Waals surface area contributed by atoms with Crippen molar-refractivity contribution in [3.8, 4) is 0 Å². The number of primary amides is 1. The van der Waals surface area contributed by atoms with Crippen LogP contribution in [0.4, 0.5) is 10.7 Å². The molecule has 0 spiro atoms. The van der Waals surface area contributed by atoms with E-state index in [2.05, 4.69) is 22.3 Å². The zero-order valence-electron chi connectivity index (χ0n) is 21.7. The van der Waals surface area contributed by atoms with Crippen LogP contribution in [0.15, 0.2) is 89.8 Å². The summed E-state index contributed by atoms with van der Waals surface area (Å²) in [5.74, 6) is -1.03. The van der Waals surface area contributed by atoms with Gasteiger partial charge in [0.05, 0.1) is 16.1 Å². The van der Waals surface area contributed by atoms with Gasteiger partial charge in [0.25, 0.3) is 21.8 Å². The number of sulfonamides is 1. The molecular formula is C29H29ClN4O4S2. The fourth-order valence-electron chi connectivity index (χ4n) is 4.67. The van der Waals surface area contributed by atoms with Gasteiger partial charge in [-0.1, -0.05) is 48.5 Å². The minimum absolute atomic E-state index is 0. The van der Waals surface area contributed by atoms with Crippen LogP contribution in [0.2, 0.25) is 0 Å². The molecule has 5 rings (SSSR count). The van der Waals surface area contributed by atoms with Crippen molar-refractivity contribution in [1.82, 2.24) is 4.90 Å². The number of nitrogens with zero attached hydrogens (tertiary/aromatic N) is 2. The van der Waals surface area contributed by atoms with Gasteiger partial charge in [0, 0.05) is 37.1 Å². The van der Waals surface area contributed by atoms with Crippen molar-refractivity contribution in [3.63, 3.8) is 0 Å². The van der Waals surface area contributed by atoms with Gasteiger partial charge in [-0.3, -0.25) is 18.8 Å². The standard InChI is InChI=1S/C29H28N4O4S2.ClH/c1-32(22-10-6-3-7-11-22)39(36,37)23-14-12-21(13-15-23)28(35)31-29-26(27(30)34)24-16-17-33(19-25(24)38-29)18-20-8-4-2-5-9-20;/h2-15H,16-19H2,1H3,(H2,30,34)(H,31,35);1H. The minimum Gasteiger partial charge on any atom is -0.365 e. The van der Waals surface area contributed by atoms with Crippen molar-refractivity contribution in [3.05, 3.63) is 112 Å². The van der Waals surface area contributed by atoms with Gasteiger partial charge in [-0.25, -0.2) is 8.42 Å². The Morgan fingerprint density at radius 3 is 2.23 bits per heavy atom. The molecule has 11 heteroatoms. The monoisotopic (exact) mass is 596 g/mol. The molecule has 3 N–H and O–H groups in total. The van der Waals surface area contributed by atoms with Gasteiger partial charge >= 0.3 is 0 Å². The number of fused-ring (bicyclic) bond motifs is 1. The number of rotatable bonds is 8. The van der Waals surface area contributed by atoms with Crippen LogP contribution in [-0.4, -0.2) is 38.7 Å². The Morgan fingerprint density at radius 1 is 0.975 bits per heavy atom. The summed E-state index contributed by atoms with van der Waals surface area (Å²) in [5.41, 5.74) is 8.98. The van der Waals surface area contributed by atoms with Gasteiger partial charge in [-0.2, -0.15) is 0 Å². The van der Waals surface area contributed by atoms with Gasteiger partial charge in [-0.05, 0) is 53.9 Å². The summed E-state index contributed by atoms with van der Waals surface area (Å²) < 4.78 is 27.3. The average Bonchev–Trinajstić information content (AvgIpc) is 3.31. The maximum atomic E-state index is 13.1. The van der Waals surface area contributed by atoms with Crippen LogP contribution in [0.3, 0.4) is 0 Å². The maximum absolute atomic E-state index is 13.1. The Labute approximate surface area is 243 Å². The van der Waals surface area contributed by atoms with Crippen LogP contribution < -0.4 is 15.4 Å². The van der Waals surface area contributed by atoms with Crippen molar-refractivity contribution < 1.29 is 18.0 Å². The number of anilines is 2. The number of hydrogen-bond acceptors (Lipinski definition) is 6. The third-order valence-corrected chi connectivity index (χ3v) is 9.69. The fourth-order valence-corrected chi connectivity index (χ4v) is 7.16. The van der Waals surface area contributed by atoms with Gasteiger partial charge in [0.15, 0.2) is 0 Å². The molecular weight excluding hydrogens is 568 g/mol. The number of amides is 2. The molecule has 4 aromatic rings. The van der Waals surface area contributed by atoms with E-state index in [1.807, 2.05) is 24.3 Å². The number of carbonyl (C=O) groups excluding carboxylic acids is 2. The molecule has 0 saturated heterocycles. The summed E-state index contributed by atoms with van der Waals surface area (Å²) in [6, 6.07) is 24.6. The summed E-state index contributed by atoms with van der Waals surface area (Å²) in [4.78, 5) is 28.8. The van der Waals surface area contributed by atoms with E-state index in [0.717, 1.165) is 23.5 Å². The second kappa shape index (κ2) is 12.2. The predicted octanol–water partition coefficient (Wildman–Crippen LogP) is 4.90. The molecule has 0 atom stereocenters. The first kappa shape index (κ1) is 29.3. The highest BCUT2D eigenvalue weighted by atomic mass is 35.5. The Kier molecular flexibility index (Phi) is 8.95. The summed E-state index contributed by atoms with van der Waals surface area (Å²) >= 11 is 1.36. The molecule has 2 heterocycles. The van der Waals surface area contributed by atoms with E-state index in [1.165, 1.54) is 52.5 Å². The SMILES string of the molecule is CN(c1ccccc1)S(=O)(=O)c1ccc(C(=O)Nc2sc3c(c2C(N)=O)CCN(Cc2ccccc2)C3)cc1.Cl. The molecule has 0 fully saturated rings. The van der Waals surface area contributed by atoms with E-state index in [4.69, 9.17) is 5.73 Å². The molecule has 0 aliphatic carbocycles. The van der Waals surface area contributed by atoms with E-state index in [9.17, 15) is 18.0 Å². The highest BCUT2D eigenvalue weighted by Crippen LogP contribution is 2.37. The Balaban J connectivity index is 0.00000370. The van der Waals surface area contributed by atoms with Gasteiger partial charge in [0.2, 0.25) is 0 Å². The highest BCUT2D eigenvalue weighted by Gasteiger charge is 2.28. The first-order valence-electron chi connectivity index (χ1n) is 12.4. The maximum Gasteiger partial charge on any atom is 0.264 e. The third kappa shape index (κ3) is 6.05. The largest absolute Gasteiger partial charge is 0.365 e. The molecule has 2 amide bonds. The van der Waals surface area contributed by atoms with Crippen LogP contribution in [-0.2, 0) is 29.5 Å². The molecule has 0 unspecified atom stereocenters. The Bertz CT molecular complexity index is 1610. The van der Waals surface area contributed by atoms with E-state index >= 15 is 0 Å². The van der Waals surface area contributed by atoms with Gasteiger partial charge in [-0.15, -0.1) is 23.7 Å². The molecule has 208 valence electrons. The van der Waals surface area contributed by atoms with Crippen LogP contribution in [0.25, 0.3) is 0 Å². The van der Waals surface area contributed by atoms with Crippen molar-refractivity contribution >= 4 is 56.3 Å². The first-order chi connectivity index (χ1) is 18.7. The van der Waals surface area contributed by atoms with Crippen molar-refractivity contribution in [2.24, 2.45) is 5.73 Å². The quantitative estimate of drug-likeness (QED) is 0.300. The minimum atomic E-state index is -3.80. The Hall–Kier alpha value is -3.70. The van der Waals surface area contributed by atoms with Crippen molar-refractivity contribution in [1.29, 1.82) is 0 Å². The van der Waals surface area contributed by atoms with Crippen molar-refractivity contribution in [2.45, 2.75) is 24.4 Å². The van der Waals surface area contributed by atoms with E-state index in [1.54, 1.807) is 24.3 Å². The van der Waals surface area contributed by atoms with Crippen molar-refractivity contribution in [2.75, 3.05) is 23.2 Å². The van der Waals surface area contributed by atoms with Gasteiger partial charge in [0.1, 0.15) is 5.00 Å². The van der Waals surface area contributed by atoms with E-state index in [0.29, 0.717) is 29.2 Å². The Morgan fingerprint density at radius 2 is 1.60 bits per heavy atom. The fraction of sp³-hybridized carbons (Fsp3) is 0.172. The number of benzene rings is 3. The number of halogens is 1. The van der Waals surface area contributed by atoms with Gasteiger partial charge < -0.3 is 11.1 Å². The summed E-state index contributed by atoms with van der Waals surface area (Å²) in [5, 5.41) is 3.25. The number of para-hydroxylation sites is 1. The van der Waals surface area contributed by atoms with E-state index < -0.39 is 21.8 Å². The lowest BCUT2D eigenvalue weighted by Gasteiger charge is -2.27. The zero-order valence-corrected chi connectivity index (χ0v) is 24.2. The number of hydrogen-bond donors (Lipinski definition) is 2. The number of nitrogens with one attached hydrogen (secondary N) is 1. The highest BCUT2D eigenvalue weighted by molar-refractivity contribution is 7.92. The molecule has 0 bridgehead atoms. The number of thiophene rings is 1. The molecule has 3 aromatic carbocycles. The topological polar surface area (TPSA) is 113 Å². The summed E-state index contributed by atoms with van der Waals surface area (Å²) in [7, 11) is -2.32. The van der Waals surface area contributed by atoms with E-state index in [-0.39, 0.29) is 22.9 Å². The average molecular weight is 597 g/mol. The zero-order chi connectivity index (χ0) is 27.6. The molecule has 1 aromatic heterocycles. The summed E-state index contributed by atoms with van der Waals surface area (Å²) in [6.07, 6.45) is 0.661. The number of carbonyl (C=O) groups is 2. The van der Waals surface area contributed by atoms with Crippen LogP contribution in [0.5, 0.6) is 0 Å². The normalized spacial score (nSPS) is 13.1. The molecule has 0 saturated carbocycles. The number of nitrogens with two attached hydrogens (primary N) is 1. The molecule has 1 aliphatic heterocycles. The molecule has 0 radical (unpaired) electrons. The predicted molar refractivity (Wildman–Crippen MR) is 161 cm³/mol. The second-order valence-corrected chi connectivity index (χ2v) is 12.4. The third-order valence-electron chi connectivity index (χ3n) is 6.75. The lowest BCUT2D eigenvalue weighted by atomic mass is 10.0. The smallest absolute Gasteiger partial charge is 0.264 e. The molecule has 40 heavy (non-hydrogen) atoms. The second-order valence-electron chi connectivity index (χ2n) is 9.31. The van der Waals surface area contributed by atoms with Crippen LogP contribution >= 0.6 is 23.7 Å². The lowest BCUT2D eigenvalue weighted by Crippen LogP contribution is -2.30. The lowest BCUT2D eigenvalue weighted by molar-refractivity contribution is 0.0999.